The minimum atomic E-state index is -0.811. The Kier molecular flexibility index (Phi) is 8.88. The van der Waals surface area contributed by atoms with Gasteiger partial charge in [-0.2, -0.15) is 5.10 Å². The lowest BCUT2D eigenvalue weighted by Gasteiger charge is -2.27. The first-order valence-electron chi connectivity index (χ1n) is 12.9. The monoisotopic (exact) mass is 493 g/mol. The van der Waals surface area contributed by atoms with Gasteiger partial charge in [-0.15, -0.1) is 0 Å². The number of aromatic nitrogens is 2. The van der Waals surface area contributed by atoms with E-state index in [0.29, 0.717) is 19.6 Å². The molecule has 1 aromatic heterocycles. The molecule has 1 aliphatic rings. The van der Waals surface area contributed by atoms with Crippen LogP contribution in [0.5, 0.6) is 17.2 Å². The van der Waals surface area contributed by atoms with E-state index in [1.165, 1.54) is 11.1 Å². The zero-order valence-corrected chi connectivity index (χ0v) is 21.8. The molecule has 2 aromatic carbocycles. The van der Waals surface area contributed by atoms with Crippen LogP contribution in [0.3, 0.4) is 0 Å². The molecular weight excluding hydrogens is 454 g/mol. The Morgan fingerprint density at radius 2 is 1.86 bits per heavy atom. The summed E-state index contributed by atoms with van der Waals surface area (Å²) in [6.45, 7) is 8.43. The van der Waals surface area contributed by atoms with Crippen molar-refractivity contribution in [2.45, 2.75) is 58.2 Å². The van der Waals surface area contributed by atoms with Crippen molar-refractivity contribution in [3.8, 4) is 17.2 Å². The van der Waals surface area contributed by atoms with Crippen molar-refractivity contribution in [1.82, 2.24) is 14.7 Å². The second kappa shape index (κ2) is 12.3. The van der Waals surface area contributed by atoms with Gasteiger partial charge in [0.15, 0.2) is 11.5 Å². The van der Waals surface area contributed by atoms with Crippen LogP contribution in [0.2, 0.25) is 0 Å². The number of ether oxygens (including phenoxy) is 3. The number of hydrogen-bond acceptors (Lipinski definition) is 6. The number of hydrogen-bond donors (Lipinski definition) is 1. The fourth-order valence-corrected chi connectivity index (χ4v) is 4.74. The van der Waals surface area contributed by atoms with Crippen molar-refractivity contribution < 1.29 is 19.3 Å². The van der Waals surface area contributed by atoms with Crippen molar-refractivity contribution in [3.05, 3.63) is 71.5 Å². The number of aliphatic hydroxyl groups is 1. The highest BCUT2D eigenvalue weighted by atomic mass is 16.5. The molecule has 1 atom stereocenters. The summed E-state index contributed by atoms with van der Waals surface area (Å²) in [4.78, 5) is 2.40. The smallest absolute Gasteiger partial charge is 0.161 e. The van der Waals surface area contributed by atoms with E-state index in [9.17, 15) is 5.11 Å². The summed E-state index contributed by atoms with van der Waals surface area (Å²) in [5, 5.41) is 15.5. The van der Waals surface area contributed by atoms with Gasteiger partial charge >= 0.3 is 0 Å². The molecule has 0 saturated carbocycles. The molecule has 0 amide bonds. The molecular formula is C29H39N3O4. The van der Waals surface area contributed by atoms with Crippen LogP contribution >= 0.6 is 0 Å². The Balaban J connectivity index is 1.29. The van der Waals surface area contributed by atoms with Crippen molar-refractivity contribution in [2.24, 2.45) is 0 Å². The first kappa shape index (κ1) is 26.0. The Morgan fingerprint density at radius 1 is 1.00 bits per heavy atom. The molecule has 1 N–H and O–H groups in total. The Morgan fingerprint density at radius 3 is 2.64 bits per heavy atom. The minimum Gasteiger partial charge on any atom is -0.493 e. The summed E-state index contributed by atoms with van der Waals surface area (Å²) < 4.78 is 19.5. The van der Waals surface area contributed by atoms with Gasteiger partial charge in [0.2, 0.25) is 0 Å². The first-order valence-corrected chi connectivity index (χ1v) is 12.9. The largest absolute Gasteiger partial charge is 0.493 e. The minimum absolute atomic E-state index is 0.323. The Labute approximate surface area is 214 Å². The van der Waals surface area contributed by atoms with Gasteiger partial charge in [-0.05, 0) is 75.0 Å². The molecule has 4 rings (SSSR count). The number of aryl methyl sites for hydroxylation is 3. The maximum atomic E-state index is 11.2. The zero-order chi connectivity index (χ0) is 25.4. The topological polar surface area (TPSA) is 69.0 Å². The van der Waals surface area contributed by atoms with Gasteiger partial charge in [0.25, 0.3) is 0 Å². The Hall–Kier alpha value is -3.03. The molecule has 0 aliphatic carbocycles. The molecule has 1 aliphatic heterocycles. The molecule has 3 aromatic rings. The molecule has 194 valence electrons. The lowest BCUT2D eigenvalue weighted by Crippen LogP contribution is -2.37. The number of benzene rings is 2. The van der Waals surface area contributed by atoms with Crippen molar-refractivity contribution in [1.29, 1.82) is 0 Å². The van der Waals surface area contributed by atoms with Crippen LogP contribution in [0.15, 0.2) is 54.9 Å². The highest BCUT2D eigenvalue weighted by Gasteiger charge is 2.31. The lowest BCUT2D eigenvalue weighted by molar-refractivity contribution is -0.0170. The highest BCUT2D eigenvalue weighted by Crippen LogP contribution is 2.30. The molecule has 7 nitrogen and oxygen atoms in total. The van der Waals surface area contributed by atoms with E-state index in [4.69, 9.17) is 14.2 Å². The van der Waals surface area contributed by atoms with Crippen LogP contribution in [-0.2, 0) is 13.1 Å². The van der Waals surface area contributed by atoms with Gasteiger partial charge in [-0.25, -0.2) is 0 Å². The van der Waals surface area contributed by atoms with E-state index in [-0.39, 0.29) is 0 Å². The lowest BCUT2D eigenvalue weighted by atomic mass is 9.96. The van der Waals surface area contributed by atoms with E-state index < -0.39 is 5.60 Å². The average molecular weight is 494 g/mol. The zero-order valence-electron chi connectivity index (χ0n) is 21.8. The molecule has 36 heavy (non-hydrogen) atoms. The average Bonchev–Trinajstić information content (AvgIpc) is 3.31. The molecule has 0 bridgehead atoms. The number of rotatable bonds is 11. The van der Waals surface area contributed by atoms with E-state index in [1.54, 1.807) is 13.3 Å². The summed E-state index contributed by atoms with van der Waals surface area (Å²) in [5.74, 6) is 2.36. The third-order valence-corrected chi connectivity index (χ3v) is 6.82. The molecule has 7 heteroatoms. The molecule has 0 radical (unpaired) electrons. The van der Waals surface area contributed by atoms with E-state index in [1.807, 2.05) is 42.1 Å². The van der Waals surface area contributed by atoms with Crippen molar-refractivity contribution in [2.75, 3.05) is 33.4 Å². The summed E-state index contributed by atoms with van der Waals surface area (Å²) >= 11 is 0. The van der Waals surface area contributed by atoms with Crippen LogP contribution in [-0.4, -0.2) is 58.8 Å². The maximum Gasteiger partial charge on any atom is 0.161 e. The summed E-state index contributed by atoms with van der Waals surface area (Å²) in [6.07, 6.45) is 6.96. The quantitative estimate of drug-likeness (QED) is 0.388. The van der Waals surface area contributed by atoms with E-state index in [0.717, 1.165) is 68.3 Å². The summed E-state index contributed by atoms with van der Waals surface area (Å²) in [5.41, 5.74) is 2.68. The van der Waals surface area contributed by atoms with Crippen LogP contribution in [0.4, 0.5) is 0 Å². The fourth-order valence-electron chi connectivity index (χ4n) is 4.74. The molecule has 0 spiro atoms. The predicted molar refractivity (Wildman–Crippen MR) is 141 cm³/mol. The van der Waals surface area contributed by atoms with Gasteiger partial charge in [-0.1, -0.05) is 23.8 Å². The van der Waals surface area contributed by atoms with Crippen molar-refractivity contribution >= 4 is 0 Å². The number of methoxy groups -OCH3 is 1. The second-order valence-corrected chi connectivity index (χ2v) is 9.87. The standard InChI is InChI=1S/C29H39N3O4/c1-23-7-9-26(24(2)19-23)36-22-29(33)11-4-14-31(17-12-29)21-25-8-10-27(34-3)28(20-25)35-18-6-16-32-15-5-13-30-32/h5,7-10,13,15,19-20,33H,4,6,11-12,14,16-18,21-22H2,1-3H3. The second-order valence-electron chi connectivity index (χ2n) is 9.87. The molecule has 2 heterocycles. The van der Waals surface area contributed by atoms with E-state index in [2.05, 4.69) is 35.1 Å². The van der Waals surface area contributed by atoms with Gasteiger partial charge in [0.1, 0.15) is 12.4 Å². The number of nitrogens with zero attached hydrogens (tertiary/aromatic N) is 3. The molecule has 1 saturated heterocycles. The van der Waals surface area contributed by atoms with Crippen LogP contribution < -0.4 is 14.2 Å². The van der Waals surface area contributed by atoms with E-state index >= 15 is 0 Å². The summed E-state index contributed by atoms with van der Waals surface area (Å²) in [6, 6.07) is 14.2. The first-order chi connectivity index (χ1) is 17.4. The van der Waals surface area contributed by atoms with Crippen LogP contribution in [0.25, 0.3) is 0 Å². The Bertz CT molecular complexity index is 1100. The van der Waals surface area contributed by atoms with Gasteiger partial charge in [-0.3, -0.25) is 9.58 Å². The van der Waals surface area contributed by atoms with Gasteiger partial charge in [0, 0.05) is 38.4 Å². The molecule has 1 fully saturated rings. The van der Waals surface area contributed by atoms with Gasteiger partial charge < -0.3 is 19.3 Å². The predicted octanol–water partition coefficient (Wildman–Crippen LogP) is 4.77. The van der Waals surface area contributed by atoms with Crippen LogP contribution in [0.1, 0.15) is 42.4 Å². The maximum absolute atomic E-state index is 11.2. The fraction of sp³-hybridized carbons (Fsp3) is 0.483. The normalized spacial score (nSPS) is 18.6. The third-order valence-electron chi connectivity index (χ3n) is 6.82. The third kappa shape index (κ3) is 7.24. The van der Waals surface area contributed by atoms with Gasteiger partial charge in [0.05, 0.1) is 19.3 Å². The summed E-state index contributed by atoms with van der Waals surface area (Å²) in [7, 11) is 1.67. The SMILES string of the molecule is COc1ccc(CN2CCCC(O)(COc3ccc(C)cc3C)CC2)cc1OCCCn1cccn1. The molecule has 1 unspecified atom stereocenters. The number of likely N-dealkylation sites (tertiary alicyclic amines) is 1. The highest BCUT2D eigenvalue weighted by molar-refractivity contribution is 5.43. The van der Waals surface area contributed by atoms with Crippen LogP contribution in [0, 0.1) is 13.8 Å². The van der Waals surface area contributed by atoms with Crippen molar-refractivity contribution in [3.63, 3.8) is 0 Å².